The summed E-state index contributed by atoms with van der Waals surface area (Å²) in [6.45, 7) is 7.41. The molecular weight excluding hydrogens is 292 g/mol. The molecule has 7 nitrogen and oxygen atoms in total. The van der Waals surface area contributed by atoms with Gasteiger partial charge in [0.05, 0.1) is 17.7 Å². The Morgan fingerprint density at radius 1 is 1.48 bits per heavy atom. The lowest BCUT2D eigenvalue weighted by molar-refractivity contribution is -0.125. The van der Waals surface area contributed by atoms with E-state index in [1.807, 2.05) is 19.2 Å². The number of nitrogens with zero attached hydrogens (tertiary/aromatic N) is 5. The van der Waals surface area contributed by atoms with Gasteiger partial charge >= 0.3 is 0 Å². The molecule has 23 heavy (non-hydrogen) atoms. The molecule has 3 heterocycles. The number of rotatable bonds is 4. The van der Waals surface area contributed by atoms with Crippen molar-refractivity contribution in [2.24, 2.45) is 5.92 Å². The normalized spacial score (nSPS) is 21.5. The molecule has 2 unspecified atom stereocenters. The fourth-order valence-electron chi connectivity index (χ4n) is 3.18. The highest BCUT2D eigenvalue weighted by Crippen LogP contribution is 2.36. The number of carbonyl (C=O) groups excluding carboxylic acids is 1. The lowest BCUT2D eigenvalue weighted by Gasteiger charge is -2.26. The van der Waals surface area contributed by atoms with Crippen LogP contribution in [0.2, 0.25) is 0 Å². The van der Waals surface area contributed by atoms with Crippen molar-refractivity contribution in [3.05, 3.63) is 43.1 Å². The van der Waals surface area contributed by atoms with Crippen molar-refractivity contribution in [1.82, 2.24) is 29.7 Å². The van der Waals surface area contributed by atoms with Crippen LogP contribution in [0.3, 0.4) is 0 Å². The Bertz CT molecular complexity index is 684. The maximum Gasteiger partial charge on any atom is 0.235 e. The van der Waals surface area contributed by atoms with Gasteiger partial charge in [0.2, 0.25) is 11.9 Å². The first-order valence-corrected chi connectivity index (χ1v) is 7.73. The first-order chi connectivity index (χ1) is 11.1. The lowest BCUT2D eigenvalue weighted by Crippen LogP contribution is -2.34. The van der Waals surface area contributed by atoms with Crippen LogP contribution in [0.1, 0.15) is 23.9 Å². The minimum absolute atomic E-state index is 0.0476. The number of aromatic nitrogens is 4. The van der Waals surface area contributed by atoms with Crippen LogP contribution in [-0.2, 0) is 4.79 Å². The van der Waals surface area contributed by atoms with Crippen LogP contribution in [0, 0.1) is 19.8 Å². The van der Waals surface area contributed by atoms with Crippen LogP contribution in [0.4, 0.5) is 0 Å². The molecule has 1 radical (unpaired) electrons. The summed E-state index contributed by atoms with van der Waals surface area (Å²) in [6, 6.07) is 1.88. The molecule has 1 aliphatic rings. The fourth-order valence-corrected chi connectivity index (χ4v) is 3.18. The first-order valence-electron chi connectivity index (χ1n) is 7.73. The Hall–Kier alpha value is -2.28. The van der Waals surface area contributed by atoms with Gasteiger partial charge in [0.25, 0.3) is 0 Å². The van der Waals surface area contributed by atoms with Gasteiger partial charge in [-0.25, -0.2) is 15.0 Å². The Balaban J connectivity index is 2.02. The minimum atomic E-state index is -0.119. The van der Waals surface area contributed by atoms with Crippen LogP contribution in [0.5, 0.6) is 0 Å². The third kappa shape index (κ3) is 2.96. The third-order valence-electron chi connectivity index (χ3n) is 4.27. The second-order valence-electron chi connectivity index (χ2n) is 5.69. The molecule has 1 amide bonds. The summed E-state index contributed by atoms with van der Waals surface area (Å²) in [5, 5.41) is 2.76. The smallest absolute Gasteiger partial charge is 0.235 e. The van der Waals surface area contributed by atoms with Crippen molar-refractivity contribution in [3.63, 3.8) is 0 Å². The predicted molar refractivity (Wildman–Crippen MR) is 85.7 cm³/mol. The fraction of sp³-hybridized carbons (Fsp3) is 0.438. The van der Waals surface area contributed by atoms with Crippen molar-refractivity contribution in [1.29, 1.82) is 0 Å². The van der Waals surface area contributed by atoms with Crippen molar-refractivity contribution >= 4 is 5.91 Å². The molecule has 0 bridgehead atoms. The second kappa shape index (κ2) is 6.45. The first kappa shape index (κ1) is 15.6. The molecule has 1 fully saturated rings. The van der Waals surface area contributed by atoms with Crippen LogP contribution < -0.4 is 5.32 Å². The van der Waals surface area contributed by atoms with E-state index >= 15 is 0 Å². The second-order valence-corrected chi connectivity index (χ2v) is 5.69. The van der Waals surface area contributed by atoms with E-state index < -0.39 is 0 Å². The van der Waals surface area contributed by atoms with Gasteiger partial charge in [0.1, 0.15) is 6.33 Å². The molecule has 0 aliphatic carbocycles. The van der Waals surface area contributed by atoms with Crippen LogP contribution in [0.15, 0.2) is 24.8 Å². The van der Waals surface area contributed by atoms with E-state index in [4.69, 9.17) is 0 Å². The number of amides is 1. The molecule has 3 rings (SSSR count). The number of likely N-dealkylation sites (tertiary alicyclic amines) is 1. The average molecular weight is 313 g/mol. The Morgan fingerprint density at radius 2 is 2.30 bits per heavy atom. The van der Waals surface area contributed by atoms with Crippen LogP contribution in [0.25, 0.3) is 5.95 Å². The minimum Gasteiger partial charge on any atom is -0.359 e. The Kier molecular flexibility index (Phi) is 4.38. The standard InChI is InChI=1S/C16H21N6O/c1-4-21-7-5-12(15(23)17-3)14(21)13-9-11(2)19-16(20-13)22-8-6-18-10-22/h6,8-10,12,14H,1,4-5,7H2,2-3H3,(H,17,23). The number of imidazole rings is 1. The zero-order valence-corrected chi connectivity index (χ0v) is 13.4. The molecule has 1 aliphatic heterocycles. The maximum absolute atomic E-state index is 12.2. The van der Waals surface area contributed by atoms with Gasteiger partial charge in [-0.1, -0.05) is 0 Å². The van der Waals surface area contributed by atoms with Gasteiger partial charge < -0.3 is 5.32 Å². The Morgan fingerprint density at radius 3 is 2.96 bits per heavy atom. The Labute approximate surface area is 135 Å². The summed E-state index contributed by atoms with van der Waals surface area (Å²) >= 11 is 0. The largest absolute Gasteiger partial charge is 0.359 e. The topological polar surface area (TPSA) is 75.9 Å². The van der Waals surface area contributed by atoms with Crippen molar-refractivity contribution in [3.8, 4) is 5.95 Å². The molecule has 121 valence electrons. The monoisotopic (exact) mass is 313 g/mol. The molecule has 0 aromatic carbocycles. The SMILES string of the molecule is [CH2]CN1CCC(C(=O)NC)C1c1cc(C)nc(-n2ccnc2)n1. The van der Waals surface area contributed by atoms with Crippen LogP contribution in [-0.4, -0.2) is 50.5 Å². The van der Waals surface area contributed by atoms with E-state index in [2.05, 4.69) is 32.1 Å². The summed E-state index contributed by atoms with van der Waals surface area (Å²) in [6.07, 6.45) is 5.98. The molecule has 0 saturated carbocycles. The van der Waals surface area contributed by atoms with Gasteiger partial charge in [-0.15, -0.1) is 0 Å². The van der Waals surface area contributed by atoms with E-state index in [-0.39, 0.29) is 17.9 Å². The molecule has 1 saturated heterocycles. The lowest BCUT2D eigenvalue weighted by atomic mass is 9.96. The summed E-state index contributed by atoms with van der Waals surface area (Å²) in [7, 11) is 1.67. The summed E-state index contributed by atoms with van der Waals surface area (Å²) in [5.41, 5.74) is 1.72. The number of hydrogen-bond donors (Lipinski definition) is 1. The van der Waals surface area contributed by atoms with Crippen molar-refractivity contribution in [2.75, 3.05) is 20.1 Å². The highest BCUT2D eigenvalue weighted by Gasteiger charge is 2.39. The van der Waals surface area contributed by atoms with E-state index in [9.17, 15) is 4.79 Å². The van der Waals surface area contributed by atoms with E-state index in [1.165, 1.54) is 0 Å². The van der Waals surface area contributed by atoms with Crippen molar-refractivity contribution in [2.45, 2.75) is 19.4 Å². The maximum atomic E-state index is 12.2. The van der Waals surface area contributed by atoms with Gasteiger partial charge in [0, 0.05) is 25.1 Å². The summed E-state index contributed by atoms with van der Waals surface area (Å²) < 4.78 is 1.77. The molecule has 2 aromatic heterocycles. The summed E-state index contributed by atoms with van der Waals surface area (Å²) in [5.74, 6) is 0.502. The average Bonchev–Trinajstić information content (AvgIpc) is 3.22. The zero-order valence-electron chi connectivity index (χ0n) is 13.4. The van der Waals surface area contributed by atoms with E-state index in [0.717, 1.165) is 24.4 Å². The van der Waals surface area contributed by atoms with Crippen molar-refractivity contribution < 1.29 is 4.79 Å². The van der Waals surface area contributed by atoms with Gasteiger partial charge in [-0.05, 0) is 39.4 Å². The molecule has 7 heteroatoms. The predicted octanol–water partition coefficient (Wildman–Crippen LogP) is 0.914. The third-order valence-corrected chi connectivity index (χ3v) is 4.27. The van der Waals surface area contributed by atoms with Gasteiger partial charge in [0.15, 0.2) is 0 Å². The van der Waals surface area contributed by atoms with E-state index in [1.54, 1.807) is 24.1 Å². The molecule has 0 spiro atoms. The highest BCUT2D eigenvalue weighted by molar-refractivity contribution is 5.79. The quantitative estimate of drug-likeness (QED) is 0.908. The zero-order chi connectivity index (χ0) is 16.4. The summed E-state index contributed by atoms with van der Waals surface area (Å²) in [4.78, 5) is 27.6. The van der Waals surface area contributed by atoms with Gasteiger partial charge in [-0.2, -0.15) is 0 Å². The van der Waals surface area contributed by atoms with Gasteiger partial charge in [-0.3, -0.25) is 14.3 Å². The highest BCUT2D eigenvalue weighted by atomic mass is 16.1. The molecule has 2 aromatic rings. The number of nitrogens with one attached hydrogen (secondary N) is 1. The van der Waals surface area contributed by atoms with Crippen LogP contribution >= 0.6 is 0 Å². The molecule has 1 N–H and O–H groups in total. The number of carbonyl (C=O) groups is 1. The molecule has 2 atom stereocenters. The number of hydrogen-bond acceptors (Lipinski definition) is 5. The molecular formula is C16H21N6O. The number of aryl methyl sites for hydroxylation is 1. The van der Waals surface area contributed by atoms with E-state index in [0.29, 0.717) is 12.5 Å².